The van der Waals surface area contributed by atoms with Crippen molar-refractivity contribution in [2.24, 2.45) is 0 Å². The molecule has 9 heteroatoms. The predicted octanol–water partition coefficient (Wildman–Crippen LogP) is -1.59. The molecule has 0 aliphatic carbocycles. The van der Waals surface area contributed by atoms with Gasteiger partial charge in [0.05, 0.1) is 39.4 Å². The highest BCUT2D eigenvalue weighted by Gasteiger charge is 2.29. The number of rotatable bonds is 5. The number of nitrogens with zero attached hydrogens (tertiary/aromatic N) is 1. The second kappa shape index (κ2) is 7.65. The molecule has 1 unspecified atom stereocenters. The molecule has 3 N–H and O–H groups in total. The first-order valence-electron chi connectivity index (χ1n) is 6.05. The Labute approximate surface area is 115 Å². The molecule has 2 atom stereocenters. The molecule has 2 amide bonds. The fraction of sp³-hybridized carbons (Fsp3) is 0.727. The first kappa shape index (κ1) is 16.2. The molecule has 0 aromatic carbocycles. The lowest BCUT2D eigenvalue weighted by Crippen LogP contribution is -2.54. The Morgan fingerprint density at radius 1 is 1.50 bits per heavy atom. The zero-order valence-electron chi connectivity index (χ0n) is 11.1. The third-order valence-corrected chi connectivity index (χ3v) is 2.82. The van der Waals surface area contributed by atoms with Gasteiger partial charge in [-0.2, -0.15) is 0 Å². The van der Waals surface area contributed by atoms with Crippen LogP contribution in [0.2, 0.25) is 0 Å². The van der Waals surface area contributed by atoms with E-state index in [1.165, 1.54) is 4.90 Å². The molecule has 0 bridgehead atoms. The van der Waals surface area contributed by atoms with Gasteiger partial charge in [0.2, 0.25) is 0 Å². The normalized spacial score (nSPS) is 20.1. The quantitative estimate of drug-likeness (QED) is 0.521. The standard InChI is InChI=1S/C11H18N2O7/c1-19-9(15)4-8(10(16)17)12-11(18)13-2-3-20-7(5-13)6-14/h7-8,14H,2-6H2,1H3,(H,12,18)(H,16,17)/t7?,8-/m0/s1. The van der Waals surface area contributed by atoms with Crippen molar-refractivity contribution >= 4 is 18.0 Å². The number of amides is 2. The molecule has 1 rings (SSSR count). The van der Waals surface area contributed by atoms with E-state index in [0.717, 1.165) is 7.11 Å². The van der Waals surface area contributed by atoms with Crippen LogP contribution in [0.1, 0.15) is 6.42 Å². The molecule has 1 heterocycles. The van der Waals surface area contributed by atoms with Crippen molar-refractivity contribution in [3.63, 3.8) is 0 Å². The molecule has 1 fully saturated rings. The second-order valence-electron chi connectivity index (χ2n) is 4.24. The molecule has 0 aromatic heterocycles. The zero-order chi connectivity index (χ0) is 15.1. The van der Waals surface area contributed by atoms with E-state index in [-0.39, 0.29) is 26.3 Å². The summed E-state index contributed by atoms with van der Waals surface area (Å²) in [4.78, 5) is 35.3. The summed E-state index contributed by atoms with van der Waals surface area (Å²) in [5, 5.41) is 20.2. The van der Waals surface area contributed by atoms with Crippen LogP contribution in [-0.4, -0.2) is 78.6 Å². The van der Waals surface area contributed by atoms with E-state index in [9.17, 15) is 14.4 Å². The summed E-state index contributed by atoms with van der Waals surface area (Å²) >= 11 is 0. The minimum Gasteiger partial charge on any atom is -0.480 e. The number of hydrogen-bond donors (Lipinski definition) is 3. The van der Waals surface area contributed by atoms with Crippen molar-refractivity contribution in [1.29, 1.82) is 0 Å². The van der Waals surface area contributed by atoms with Crippen molar-refractivity contribution in [2.45, 2.75) is 18.6 Å². The number of aliphatic hydroxyl groups excluding tert-OH is 1. The Kier molecular flexibility index (Phi) is 6.19. The van der Waals surface area contributed by atoms with Gasteiger partial charge in [-0.3, -0.25) is 4.79 Å². The number of carboxylic acid groups (broad SMARTS) is 1. The molecule has 0 saturated carbocycles. The molecular formula is C11H18N2O7. The van der Waals surface area contributed by atoms with Crippen molar-refractivity contribution in [3.8, 4) is 0 Å². The Balaban J connectivity index is 2.56. The third kappa shape index (κ3) is 4.67. The fourth-order valence-corrected chi connectivity index (χ4v) is 1.70. The Morgan fingerprint density at radius 2 is 2.20 bits per heavy atom. The average Bonchev–Trinajstić information content (AvgIpc) is 2.46. The maximum atomic E-state index is 11.9. The summed E-state index contributed by atoms with van der Waals surface area (Å²) in [7, 11) is 1.14. The summed E-state index contributed by atoms with van der Waals surface area (Å²) in [6.45, 7) is 0.474. The van der Waals surface area contributed by atoms with Crippen LogP contribution in [0.4, 0.5) is 4.79 Å². The maximum absolute atomic E-state index is 11.9. The zero-order valence-corrected chi connectivity index (χ0v) is 11.1. The highest BCUT2D eigenvalue weighted by atomic mass is 16.5. The van der Waals surface area contributed by atoms with E-state index in [2.05, 4.69) is 10.1 Å². The monoisotopic (exact) mass is 290 g/mol. The number of carbonyl (C=O) groups excluding carboxylic acids is 2. The second-order valence-corrected chi connectivity index (χ2v) is 4.24. The molecule has 0 aromatic rings. The van der Waals surface area contributed by atoms with Gasteiger partial charge in [0.15, 0.2) is 0 Å². The predicted molar refractivity (Wildman–Crippen MR) is 65.0 cm³/mol. The number of nitrogens with one attached hydrogen (secondary N) is 1. The molecule has 1 saturated heterocycles. The molecule has 20 heavy (non-hydrogen) atoms. The number of carbonyl (C=O) groups is 3. The Hall–Kier alpha value is -1.87. The number of methoxy groups -OCH3 is 1. The lowest BCUT2D eigenvalue weighted by molar-refractivity contribution is -0.147. The topological polar surface area (TPSA) is 125 Å². The van der Waals surface area contributed by atoms with Crippen LogP contribution < -0.4 is 5.32 Å². The number of ether oxygens (including phenoxy) is 2. The minimum atomic E-state index is -1.36. The summed E-state index contributed by atoms with van der Waals surface area (Å²) in [6.07, 6.45) is -0.941. The molecule has 0 spiro atoms. The van der Waals surface area contributed by atoms with Crippen LogP contribution in [0, 0.1) is 0 Å². The van der Waals surface area contributed by atoms with Crippen molar-refractivity contribution in [2.75, 3.05) is 33.4 Å². The number of carboxylic acids is 1. The van der Waals surface area contributed by atoms with E-state index >= 15 is 0 Å². The largest absolute Gasteiger partial charge is 0.480 e. The third-order valence-electron chi connectivity index (χ3n) is 2.82. The van der Waals surface area contributed by atoms with Gasteiger partial charge in [0, 0.05) is 6.54 Å². The minimum absolute atomic E-state index is 0.160. The number of morpholine rings is 1. The summed E-state index contributed by atoms with van der Waals surface area (Å²) < 4.78 is 9.55. The van der Waals surface area contributed by atoms with Gasteiger partial charge in [-0.15, -0.1) is 0 Å². The van der Waals surface area contributed by atoms with Crippen LogP contribution in [0.25, 0.3) is 0 Å². The molecule has 0 radical (unpaired) electrons. The maximum Gasteiger partial charge on any atom is 0.326 e. The van der Waals surface area contributed by atoms with E-state index in [4.69, 9.17) is 14.9 Å². The van der Waals surface area contributed by atoms with Crippen molar-refractivity contribution < 1.29 is 34.1 Å². The highest BCUT2D eigenvalue weighted by Crippen LogP contribution is 2.06. The van der Waals surface area contributed by atoms with Crippen LogP contribution >= 0.6 is 0 Å². The summed E-state index contributed by atoms with van der Waals surface area (Å²) in [6, 6.07) is -1.98. The Bertz CT molecular complexity index is 374. The molecule has 9 nitrogen and oxygen atoms in total. The number of aliphatic carboxylic acids is 1. The van der Waals surface area contributed by atoms with E-state index in [1.54, 1.807) is 0 Å². The lowest BCUT2D eigenvalue weighted by atomic mass is 10.2. The van der Waals surface area contributed by atoms with Gasteiger partial charge in [-0.1, -0.05) is 0 Å². The van der Waals surface area contributed by atoms with E-state index in [1.807, 2.05) is 0 Å². The van der Waals surface area contributed by atoms with Crippen molar-refractivity contribution in [1.82, 2.24) is 10.2 Å². The van der Waals surface area contributed by atoms with Crippen LogP contribution in [-0.2, 0) is 19.1 Å². The number of hydrogen-bond acceptors (Lipinski definition) is 6. The average molecular weight is 290 g/mol. The van der Waals surface area contributed by atoms with Crippen molar-refractivity contribution in [3.05, 3.63) is 0 Å². The first-order chi connectivity index (χ1) is 9.47. The lowest BCUT2D eigenvalue weighted by Gasteiger charge is -2.32. The van der Waals surface area contributed by atoms with Crippen LogP contribution in [0.5, 0.6) is 0 Å². The van der Waals surface area contributed by atoms with Gasteiger partial charge < -0.3 is 29.9 Å². The van der Waals surface area contributed by atoms with Gasteiger partial charge in [0.1, 0.15) is 6.04 Å². The van der Waals surface area contributed by atoms with E-state index in [0.29, 0.717) is 0 Å². The van der Waals surface area contributed by atoms with E-state index < -0.39 is 36.5 Å². The first-order valence-corrected chi connectivity index (χ1v) is 6.05. The smallest absolute Gasteiger partial charge is 0.326 e. The fourth-order valence-electron chi connectivity index (χ4n) is 1.70. The molecular weight excluding hydrogens is 272 g/mol. The Morgan fingerprint density at radius 3 is 2.75 bits per heavy atom. The number of aliphatic hydroxyl groups is 1. The van der Waals surface area contributed by atoms with Gasteiger partial charge in [-0.25, -0.2) is 9.59 Å². The van der Waals surface area contributed by atoms with Crippen LogP contribution in [0.15, 0.2) is 0 Å². The summed E-state index contributed by atoms with van der Waals surface area (Å²) in [5.74, 6) is -2.05. The van der Waals surface area contributed by atoms with Crippen LogP contribution in [0.3, 0.4) is 0 Å². The SMILES string of the molecule is COC(=O)C[C@H](NC(=O)N1CCOC(CO)C1)C(=O)O. The van der Waals surface area contributed by atoms with Gasteiger partial charge >= 0.3 is 18.0 Å². The van der Waals surface area contributed by atoms with Gasteiger partial charge in [-0.05, 0) is 0 Å². The summed E-state index contributed by atoms with van der Waals surface area (Å²) in [5.41, 5.74) is 0. The molecule has 1 aliphatic heterocycles. The molecule has 1 aliphatic rings. The number of esters is 1. The molecule has 114 valence electrons. The van der Waals surface area contributed by atoms with Gasteiger partial charge in [0.25, 0.3) is 0 Å². The number of urea groups is 1. The highest BCUT2D eigenvalue weighted by molar-refractivity contribution is 5.86.